The fraction of sp³-hybridized carbons (Fsp3) is 0.286. The third kappa shape index (κ3) is 4.73. The second kappa shape index (κ2) is 9.78. The lowest BCUT2D eigenvalue weighted by Gasteiger charge is -2.19. The Bertz CT molecular complexity index is 1380. The van der Waals surface area contributed by atoms with Gasteiger partial charge in [0.05, 0.1) is 24.3 Å². The van der Waals surface area contributed by atoms with Gasteiger partial charge in [-0.25, -0.2) is 5.01 Å². The first-order valence-electron chi connectivity index (χ1n) is 12.3. The molecule has 2 aromatic heterocycles. The maximum atomic E-state index is 13.5. The highest BCUT2D eigenvalue weighted by Gasteiger charge is 2.35. The van der Waals surface area contributed by atoms with Crippen molar-refractivity contribution in [3.05, 3.63) is 101 Å². The molecule has 1 amide bonds. The fourth-order valence-electron chi connectivity index (χ4n) is 4.52. The molecule has 0 spiro atoms. The Morgan fingerprint density at radius 2 is 1.83 bits per heavy atom. The summed E-state index contributed by atoms with van der Waals surface area (Å²) >= 11 is 1.42. The molecule has 6 rings (SSSR count). The number of benzene rings is 2. The van der Waals surface area contributed by atoms with E-state index >= 15 is 0 Å². The van der Waals surface area contributed by atoms with Crippen LogP contribution in [0.3, 0.4) is 0 Å². The van der Waals surface area contributed by atoms with E-state index in [1.165, 1.54) is 22.9 Å². The third-order valence-corrected chi connectivity index (χ3v) is 7.57. The Morgan fingerprint density at radius 1 is 1.03 bits per heavy atom. The highest BCUT2D eigenvalue weighted by atomic mass is 32.2. The largest absolute Gasteiger partial charge is 0.467 e. The van der Waals surface area contributed by atoms with Gasteiger partial charge in [-0.05, 0) is 43.0 Å². The fourth-order valence-corrected chi connectivity index (χ4v) is 5.32. The lowest BCUT2D eigenvalue weighted by molar-refractivity contribution is -0.130. The Kier molecular flexibility index (Phi) is 6.19. The number of hydrazone groups is 1. The first kappa shape index (κ1) is 22.8. The predicted molar refractivity (Wildman–Crippen MR) is 139 cm³/mol. The van der Waals surface area contributed by atoms with Crippen LogP contribution in [0.4, 0.5) is 0 Å². The number of amides is 1. The number of furan rings is 1. The van der Waals surface area contributed by atoms with Crippen LogP contribution in [0.2, 0.25) is 0 Å². The van der Waals surface area contributed by atoms with Crippen molar-refractivity contribution in [1.29, 1.82) is 0 Å². The van der Waals surface area contributed by atoms with Crippen LogP contribution in [0.25, 0.3) is 0 Å². The Labute approximate surface area is 214 Å². The van der Waals surface area contributed by atoms with Crippen molar-refractivity contribution in [1.82, 2.24) is 19.8 Å². The monoisotopic (exact) mass is 497 g/mol. The molecule has 0 radical (unpaired) electrons. The molecular weight excluding hydrogens is 470 g/mol. The van der Waals surface area contributed by atoms with Gasteiger partial charge in [0.1, 0.15) is 17.6 Å². The van der Waals surface area contributed by atoms with Crippen molar-refractivity contribution >= 4 is 23.4 Å². The molecule has 1 unspecified atom stereocenters. The summed E-state index contributed by atoms with van der Waals surface area (Å²) < 4.78 is 7.85. The molecule has 7 nitrogen and oxygen atoms in total. The summed E-state index contributed by atoms with van der Waals surface area (Å²) in [7, 11) is 0. The predicted octanol–water partition coefficient (Wildman–Crippen LogP) is 5.58. The van der Waals surface area contributed by atoms with E-state index in [2.05, 4.69) is 58.1 Å². The molecule has 1 atom stereocenters. The molecular formula is C28H27N5O2S. The standard InChI is InChI=1S/C28H27N5O2S/c1-19-9-11-21(12-10-19)23-16-24(25-8-5-15-35-25)33(31-23)26(34)18-36-28-30-29-27(22-13-14-22)32(28)17-20-6-3-2-4-7-20/h2-12,15,22,24H,13-14,16-18H2,1H3. The molecule has 2 aromatic carbocycles. The number of carbonyl (C=O) groups excluding carboxylic acids is 1. The molecule has 1 aliphatic heterocycles. The van der Waals surface area contributed by atoms with Crippen LogP contribution in [-0.2, 0) is 11.3 Å². The van der Waals surface area contributed by atoms with Crippen molar-refractivity contribution in [2.45, 2.75) is 49.8 Å². The minimum absolute atomic E-state index is 0.0780. The van der Waals surface area contributed by atoms with Gasteiger partial charge in [0, 0.05) is 12.3 Å². The van der Waals surface area contributed by atoms with Gasteiger partial charge in [-0.2, -0.15) is 5.10 Å². The Balaban J connectivity index is 1.22. The van der Waals surface area contributed by atoms with Gasteiger partial charge in [-0.3, -0.25) is 4.79 Å². The molecule has 182 valence electrons. The second-order valence-electron chi connectivity index (χ2n) is 9.36. The first-order valence-corrected chi connectivity index (χ1v) is 13.2. The zero-order valence-corrected chi connectivity index (χ0v) is 20.9. The minimum atomic E-state index is -0.256. The van der Waals surface area contributed by atoms with Crippen LogP contribution < -0.4 is 0 Å². The molecule has 1 fully saturated rings. The van der Waals surface area contributed by atoms with Gasteiger partial charge in [0.25, 0.3) is 5.91 Å². The van der Waals surface area contributed by atoms with E-state index in [1.807, 2.05) is 30.3 Å². The van der Waals surface area contributed by atoms with Gasteiger partial charge in [-0.15, -0.1) is 10.2 Å². The number of aryl methyl sites for hydroxylation is 1. The summed E-state index contributed by atoms with van der Waals surface area (Å²) in [5.41, 5.74) is 4.29. The van der Waals surface area contributed by atoms with E-state index in [9.17, 15) is 4.79 Å². The summed E-state index contributed by atoms with van der Waals surface area (Å²) in [6, 6.07) is 22.1. The van der Waals surface area contributed by atoms with Crippen molar-refractivity contribution in [2.24, 2.45) is 5.10 Å². The number of rotatable bonds is 8. The van der Waals surface area contributed by atoms with E-state index < -0.39 is 0 Å². The molecule has 36 heavy (non-hydrogen) atoms. The number of hydrogen-bond donors (Lipinski definition) is 0. The van der Waals surface area contributed by atoms with Crippen LogP contribution in [0.15, 0.2) is 87.7 Å². The Hall–Kier alpha value is -3.65. The SMILES string of the molecule is Cc1ccc(C2=NN(C(=O)CSc3nnc(C4CC4)n3Cc3ccccc3)C(c3ccco3)C2)cc1. The second-order valence-corrected chi connectivity index (χ2v) is 10.3. The average molecular weight is 498 g/mol. The van der Waals surface area contributed by atoms with Crippen molar-refractivity contribution in [2.75, 3.05) is 5.75 Å². The highest BCUT2D eigenvalue weighted by molar-refractivity contribution is 7.99. The number of aromatic nitrogens is 3. The van der Waals surface area contributed by atoms with Crippen LogP contribution in [0.1, 0.15) is 59.5 Å². The Morgan fingerprint density at radius 3 is 2.56 bits per heavy atom. The third-order valence-electron chi connectivity index (χ3n) is 6.62. The van der Waals surface area contributed by atoms with E-state index in [-0.39, 0.29) is 17.7 Å². The molecule has 2 aliphatic rings. The lowest BCUT2D eigenvalue weighted by Crippen LogP contribution is -2.28. The van der Waals surface area contributed by atoms with E-state index in [0.29, 0.717) is 18.9 Å². The smallest absolute Gasteiger partial charge is 0.253 e. The van der Waals surface area contributed by atoms with E-state index in [0.717, 1.165) is 40.9 Å². The number of carbonyl (C=O) groups is 1. The normalized spacial score (nSPS) is 17.4. The lowest BCUT2D eigenvalue weighted by atomic mass is 10.0. The summed E-state index contributed by atoms with van der Waals surface area (Å²) in [4.78, 5) is 13.5. The molecule has 0 saturated heterocycles. The zero-order valence-electron chi connectivity index (χ0n) is 20.1. The van der Waals surface area contributed by atoms with Gasteiger partial charge in [-0.1, -0.05) is 71.9 Å². The topological polar surface area (TPSA) is 76.5 Å². The summed E-state index contributed by atoms with van der Waals surface area (Å²) in [5, 5.41) is 16.1. The van der Waals surface area contributed by atoms with E-state index in [4.69, 9.17) is 9.52 Å². The van der Waals surface area contributed by atoms with Crippen molar-refractivity contribution < 1.29 is 9.21 Å². The molecule has 1 aliphatic carbocycles. The van der Waals surface area contributed by atoms with Crippen molar-refractivity contribution in [3.63, 3.8) is 0 Å². The highest BCUT2D eigenvalue weighted by Crippen LogP contribution is 2.40. The quantitative estimate of drug-likeness (QED) is 0.297. The summed E-state index contributed by atoms with van der Waals surface area (Å²) in [6.07, 6.45) is 4.54. The maximum Gasteiger partial charge on any atom is 0.253 e. The van der Waals surface area contributed by atoms with Crippen LogP contribution >= 0.6 is 11.8 Å². The average Bonchev–Trinajstić information content (AvgIpc) is 3.27. The molecule has 4 aromatic rings. The zero-order chi connectivity index (χ0) is 24.5. The van der Waals surface area contributed by atoms with Crippen LogP contribution in [0.5, 0.6) is 0 Å². The van der Waals surface area contributed by atoms with E-state index in [1.54, 1.807) is 11.3 Å². The van der Waals surface area contributed by atoms with Crippen LogP contribution in [-0.4, -0.2) is 37.1 Å². The molecule has 1 saturated carbocycles. The molecule has 3 heterocycles. The number of thioether (sulfide) groups is 1. The minimum Gasteiger partial charge on any atom is -0.467 e. The number of nitrogens with zero attached hydrogens (tertiary/aromatic N) is 5. The van der Waals surface area contributed by atoms with Gasteiger partial charge in [0.15, 0.2) is 5.16 Å². The first-order chi connectivity index (χ1) is 17.7. The number of hydrogen-bond acceptors (Lipinski definition) is 6. The summed E-state index contributed by atoms with van der Waals surface area (Å²) in [6.45, 7) is 2.76. The maximum absolute atomic E-state index is 13.5. The van der Waals surface area contributed by atoms with Gasteiger partial charge < -0.3 is 8.98 Å². The summed E-state index contributed by atoms with van der Waals surface area (Å²) in [5.74, 6) is 2.37. The molecule has 8 heteroatoms. The van der Waals surface area contributed by atoms with Gasteiger partial charge in [0.2, 0.25) is 0 Å². The molecule has 0 N–H and O–H groups in total. The van der Waals surface area contributed by atoms with Crippen LogP contribution in [0, 0.1) is 6.92 Å². The van der Waals surface area contributed by atoms with Gasteiger partial charge >= 0.3 is 0 Å². The molecule has 0 bridgehead atoms. The van der Waals surface area contributed by atoms with Crippen molar-refractivity contribution in [3.8, 4) is 0 Å².